The summed E-state index contributed by atoms with van der Waals surface area (Å²) < 4.78 is 9.56. The van der Waals surface area contributed by atoms with Gasteiger partial charge in [-0.2, -0.15) is 5.10 Å². The number of hydrogen-bond donors (Lipinski definition) is 2. The molecule has 8 nitrogen and oxygen atoms in total. The number of ether oxygens (including phenoxy) is 2. The molecule has 2 N–H and O–H groups in total. The van der Waals surface area contributed by atoms with E-state index in [2.05, 4.69) is 20.3 Å². The number of aromatic amines is 1. The monoisotopic (exact) mass is 349 g/mol. The van der Waals surface area contributed by atoms with Crippen LogP contribution in [0.4, 0.5) is 5.69 Å². The number of anilines is 1. The van der Waals surface area contributed by atoms with Crippen LogP contribution in [-0.2, 0) is 14.3 Å². The minimum atomic E-state index is -0.674. The maximum atomic E-state index is 11.9. The summed E-state index contributed by atoms with van der Waals surface area (Å²) in [6, 6.07) is 3.22. The number of rotatable bonds is 6. The molecule has 0 aromatic carbocycles. The van der Waals surface area contributed by atoms with Crippen LogP contribution in [0, 0.1) is 0 Å². The van der Waals surface area contributed by atoms with Crippen molar-refractivity contribution in [1.82, 2.24) is 10.2 Å². The van der Waals surface area contributed by atoms with Gasteiger partial charge in [-0.05, 0) is 30.4 Å². The fourth-order valence-corrected chi connectivity index (χ4v) is 2.86. The van der Waals surface area contributed by atoms with Crippen LogP contribution in [0.3, 0.4) is 0 Å². The number of amides is 1. The molecular weight excluding hydrogens is 334 g/mol. The standard InChI is InChI=1S/C15H15N3O5S/c1-22-15(21)13-9(4-5-24-13)16-12(19)7-23-14(20)11-6-10(17-18-11)8-2-3-8/h4-6,8H,2-3,7H2,1H3,(H,16,19)(H,17,18). The number of hydrogen-bond acceptors (Lipinski definition) is 7. The Morgan fingerprint density at radius 2 is 2.17 bits per heavy atom. The van der Waals surface area contributed by atoms with Crippen molar-refractivity contribution in [3.8, 4) is 0 Å². The molecule has 0 radical (unpaired) electrons. The summed E-state index contributed by atoms with van der Waals surface area (Å²) in [4.78, 5) is 35.5. The lowest BCUT2D eigenvalue weighted by Crippen LogP contribution is -2.21. The SMILES string of the molecule is COC(=O)c1sccc1NC(=O)COC(=O)c1cc(C2CC2)[nH]n1. The first-order chi connectivity index (χ1) is 11.6. The van der Waals surface area contributed by atoms with Crippen molar-refractivity contribution in [2.45, 2.75) is 18.8 Å². The van der Waals surface area contributed by atoms with Crippen molar-refractivity contribution in [2.75, 3.05) is 19.0 Å². The van der Waals surface area contributed by atoms with Gasteiger partial charge in [0, 0.05) is 11.6 Å². The highest BCUT2D eigenvalue weighted by Crippen LogP contribution is 2.39. The second kappa shape index (κ2) is 6.83. The maximum Gasteiger partial charge on any atom is 0.359 e. The Bertz CT molecular complexity index is 778. The highest BCUT2D eigenvalue weighted by Gasteiger charge is 2.27. The maximum absolute atomic E-state index is 11.9. The van der Waals surface area contributed by atoms with Gasteiger partial charge in [-0.25, -0.2) is 9.59 Å². The molecule has 1 saturated carbocycles. The molecule has 1 fully saturated rings. The molecule has 1 aliphatic rings. The van der Waals surface area contributed by atoms with Crippen molar-refractivity contribution in [2.24, 2.45) is 0 Å². The quantitative estimate of drug-likeness (QED) is 0.771. The molecule has 0 atom stereocenters. The van der Waals surface area contributed by atoms with Crippen molar-refractivity contribution in [3.05, 3.63) is 33.8 Å². The Hall–Kier alpha value is -2.68. The molecule has 0 aliphatic heterocycles. The lowest BCUT2D eigenvalue weighted by molar-refractivity contribution is -0.119. The Balaban J connectivity index is 1.52. The second-order valence-corrected chi connectivity index (χ2v) is 6.18. The summed E-state index contributed by atoms with van der Waals surface area (Å²) in [5, 5.41) is 10.8. The van der Waals surface area contributed by atoms with E-state index in [0.29, 0.717) is 11.6 Å². The van der Waals surface area contributed by atoms with E-state index in [1.807, 2.05) is 0 Å². The molecular formula is C15H15N3O5S. The summed E-state index contributed by atoms with van der Waals surface area (Å²) in [6.07, 6.45) is 2.17. The van der Waals surface area contributed by atoms with Crippen LogP contribution in [0.5, 0.6) is 0 Å². The van der Waals surface area contributed by atoms with E-state index in [1.165, 1.54) is 7.11 Å². The zero-order valence-corrected chi connectivity index (χ0v) is 13.6. The van der Waals surface area contributed by atoms with Crippen LogP contribution >= 0.6 is 11.3 Å². The number of thiophene rings is 1. The molecule has 3 rings (SSSR count). The second-order valence-electron chi connectivity index (χ2n) is 5.26. The van der Waals surface area contributed by atoms with Gasteiger partial charge in [0.15, 0.2) is 12.3 Å². The molecule has 1 aliphatic carbocycles. The van der Waals surface area contributed by atoms with Gasteiger partial charge in [0.25, 0.3) is 5.91 Å². The van der Waals surface area contributed by atoms with Crippen LogP contribution in [0.1, 0.15) is 44.6 Å². The predicted octanol–water partition coefficient (Wildman–Crippen LogP) is 1.93. The lowest BCUT2D eigenvalue weighted by atomic mass is 10.3. The molecule has 1 amide bonds. The van der Waals surface area contributed by atoms with Crippen LogP contribution in [-0.4, -0.2) is 41.8 Å². The van der Waals surface area contributed by atoms with E-state index in [9.17, 15) is 14.4 Å². The number of carbonyl (C=O) groups excluding carboxylic acids is 3. The molecule has 0 bridgehead atoms. The van der Waals surface area contributed by atoms with Gasteiger partial charge in [0.2, 0.25) is 0 Å². The van der Waals surface area contributed by atoms with Crippen molar-refractivity contribution in [3.63, 3.8) is 0 Å². The summed E-state index contributed by atoms with van der Waals surface area (Å²) in [6.45, 7) is -0.471. The predicted molar refractivity (Wildman–Crippen MR) is 85.1 cm³/mol. The lowest BCUT2D eigenvalue weighted by Gasteiger charge is -2.06. The molecule has 2 aromatic heterocycles. The fraction of sp³-hybridized carbons (Fsp3) is 0.333. The third-order valence-electron chi connectivity index (χ3n) is 3.47. The summed E-state index contributed by atoms with van der Waals surface area (Å²) in [5.41, 5.74) is 1.38. The van der Waals surface area contributed by atoms with Crippen LogP contribution < -0.4 is 5.32 Å². The zero-order valence-electron chi connectivity index (χ0n) is 12.8. The summed E-state index contributed by atoms with van der Waals surface area (Å²) in [7, 11) is 1.26. The third-order valence-corrected chi connectivity index (χ3v) is 4.36. The number of nitrogens with zero attached hydrogens (tertiary/aromatic N) is 1. The Labute approximate surface area is 141 Å². The van der Waals surface area contributed by atoms with Gasteiger partial charge in [-0.1, -0.05) is 0 Å². The molecule has 9 heteroatoms. The fourth-order valence-electron chi connectivity index (χ4n) is 2.09. The summed E-state index contributed by atoms with van der Waals surface area (Å²) in [5.74, 6) is -1.32. The Kier molecular flexibility index (Phi) is 4.61. The number of esters is 2. The van der Waals surface area contributed by atoms with Gasteiger partial charge in [-0.3, -0.25) is 9.89 Å². The number of methoxy groups -OCH3 is 1. The van der Waals surface area contributed by atoms with Gasteiger partial charge >= 0.3 is 11.9 Å². The van der Waals surface area contributed by atoms with E-state index in [1.54, 1.807) is 17.5 Å². The molecule has 2 aromatic rings. The van der Waals surface area contributed by atoms with E-state index in [4.69, 9.17) is 4.74 Å². The number of H-pyrrole nitrogens is 1. The average Bonchev–Trinajstić information content (AvgIpc) is 3.13. The zero-order chi connectivity index (χ0) is 17.1. The summed E-state index contributed by atoms with van der Waals surface area (Å²) >= 11 is 1.15. The first-order valence-electron chi connectivity index (χ1n) is 7.26. The normalized spacial score (nSPS) is 13.4. The van der Waals surface area contributed by atoms with E-state index in [0.717, 1.165) is 29.9 Å². The van der Waals surface area contributed by atoms with Crippen molar-refractivity contribution >= 4 is 34.9 Å². The average molecular weight is 349 g/mol. The molecule has 2 heterocycles. The van der Waals surface area contributed by atoms with Crippen LogP contribution in [0.2, 0.25) is 0 Å². The van der Waals surface area contributed by atoms with Crippen LogP contribution in [0.25, 0.3) is 0 Å². The molecule has 126 valence electrons. The van der Waals surface area contributed by atoms with E-state index in [-0.39, 0.29) is 10.6 Å². The number of carbonyl (C=O) groups is 3. The Morgan fingerprint density at radius 3 is 2.88 bits per heavy atom. The number of nitrogens with one attached hydrogen (secondary N) is 2. The number of aromatic nitrogens is 2. The molecule has 0 spiro atoms. The highest BCUT2D eigenvalue weighted by atomic mass is 32.1. The first kappa shape index (κ1) is 16.2. The smallest absolute Gasteiger partial charge is 0.359 e. The van der Waals surface area contributed by atoms with E-state index < -0.39 is 24.5 Å². The van der Waals surface area contributed by atoms with Crippen molar-refractivity contribution < 1.29 is 23.9 Å². The third kappa shape index (κ3) is 3.62. The highest BCUT2D eigenvalue weighted by molar-refractivity contribution is 7.12. The Morgan fingerprint density at radius 1 is 1.38 bits per heavy atom. The van der Waals surface area contributed by atoms with Gasteiger partial charge in [0.1, 0.15) is 4.88 Å². The van der Waals surface area contributed by atoms with Gasteiger partial charge < -0.3 is 14.8 Å². The minimum Gasteiger partial charge on any atom is -0.465 e. The first-order valence-corrected chi connectivity index (χ1v) is 8.14. The van der Waals surface area contributed by atoms with E-state index >= 15 is 0 Å². The van der Waals surface area contributed by atoms with Gasteiger partial charge in [-0.15, -0.1) is 11.3 Å². The topological polar surface area (TPSA) is 110 Å². The molecule has 0 unspecified atom stereocenters. The molecule has 24 heavy (non-hydrogen) atoms. The van der Waals surface area contributed by atoms with Crippen molar-refractivity contribution in [1.29, 1.82) is 0 Å². The minimum absolute atomic E-state index is 0.149. The largest absolute Gasteiger partial charge is 0.465 e. The molecule has 0 saturated heterocycles. The van der Waals surface area contributed by atoms with Crippen LogP contribution in [0.15, 0.2) is 17.5 Å². The van der Waals surface area contributed by atoms with Gasteiger partial charge in [0.05, 0.1) is 12.8 Å².